The number of carbonyl (C=O) groups is 1. The van der Waals surface area contributed by atoms with E-state index in [1.165, 1.54) is 12.1 Å². The van der Waals surface area contributed by atoms with Gasteiger partial charge in [0.05, 0.1) is 10.5 Å². The van der Waals surface area contributed by atoms with Crippen molar-refractivity contribution in [2.45, 2.75) is 4.90 Å². The Kier molecular flexibility index (Phi) is 5.22. The summed E-state index contributed by atoms with van der Waals surface area (Å²) in [6.07, 6.45) is 1.64. The fourth-order valence-corrected chi connectivity index (χ4v) is 3.71. The number of sulfonamides is 1. The van der Waals surface area contributed by atoms with Crippen LogP contribution in [0.3, 0.4) is 0 Å². The Labute approximate surface area is 153 Å². The van der Waals surface area contributed by atoms with Crippen LogP contribution in [-0.2, 0) is 10.0 Å². The molecule has 3 rings (SSSR count). The molecule has 130 valence electrons. The summed E-state index contributed by atoms with van der Waals surface area (Å²) in [6, 6.07) is 13.8. The van der Waals surface area contributed by atoms with E-state index in [1.807, 2.05) is 24.3 Å². The van der Waals surface area contributed by atoms with Crippen molar-refractivity contribution in [2.75, 3.05) is 13.1 Å². The molecule has 6 nitrogen and oxygen atoms in total. The Morgan fingerprint density at radius 3 is 2.52 bits per heavy atom. The van der Waals surface area contributed by atoms with E-state index in [4.69, 9.17) is 0 Å². The lowest BCUT2D eigenvalue weighted by atomic mass is 10.1. The number of benzene rings is 2. The molecule has 1 amide bonds. The number of rotatable bonds is 6. The van der Waals surface area contributed by atoms with Crippen LogP contribution in [0.4, 0.5) is 0 Å². The maximum atomic E-state index is 12.2. The SMILES string of the molecule is O=C(NCCNS(=O)(=O)c1ccc(Br)cc1)c1c[nH]c2ccccc12. The molecule has 0 aliphatic carbocycles. The number of hydrogen-bond donors (Lipinski definition) is 3. The minimum atomic E-state index is -3.59. The van der Waals surface area contributed by atoms with Crippen LogP contribution in [0, 0.1) is 0 Å². The van der Waals surface area contributed by atoms with E-state index in [0.717, 1.165) is 15.4 Å². The van der Waals surface area contributed by atoms with Crippen LogP contribution in [0.5, 0.6) is 0 Å². The molecule has 8 heteroatoms. The molecule has 0 bridgehead atoms. The standard InChI is InChI=1S/C17H16BrN3O3S/c18-12-5-7-13(8-6-12)25(23,24)21-10-9-19-17(22)15-11-20-16-4-2-1-3-14(15)16/h1-8,11,20-21H,9-10H2,(H,19,22). The summed E-state index contributed by atoms with van der Waals surface area (Å²) in [6.45, 7) is 0.292. The van der Waals surface area contributed by atoms with Crippen molar-refractivity contribution in [1.82, 2.24) is 15.0 Å². The topological polar surface area (TPSA) is 91.1 Å². The molecular weight excluding hydrogens is 406 g/mol. The molecule has 3 aromatic rings. The van der Waals surface area contributed by atoms with E-state index >= 15 is 0 Å². The van der Waals surface area contributed by atoms with Crippen LogP contribution in [0.2, 0.25) is 0 Å². The van der Waals surface area contributed by atoms with Crippen molar-refractivity contribution in [2.24, 2.45) is 0 Å². The third-order valence-corrected chi connectivity index (χ3v) is 5.67. The average molecular weight is 422 g/mol. The number of H-pyrrole nitrogens is 1. The van der Waals surface area contributed by atoms with Gasteiger partial charge in [0.1, 0.15) is 0 Å². The van der Waals surface area contributed by atoms with Crippen LogP contribution in [0.1, 0.15) is 10.4 Å². The maximum Gasteiger partial charge on any atom is 0.253 e. The van der Waals surface area contributed by atoms with E-state index in [9.17, 15) is 13.2 Å². The van der Waals surface area contributed by atoms with Crippen molar-refractivity contribution >= 4 is 42.8 Å². The Bertz CT molecular complexity index is 997. The molecule has 0 atom stereocenters. The number of para-hydroxylation sites is 1. The van der Waals surface area contributed by atoms with E-state index in [0.29, 0.717) is 5.56 Å². The van der Waals surface area contributed by atoms with Gasteiger partial charge in [-0.05, 0) is 30.3 Å². The molecule has 0 fully saturated rings. The van der Waals surface area contributed by atoms with Crippen molar-refractivity contribution in [1.29, 1.82) is 0 Å². The number of amides is 1. The summed E-state index contributed by atoms with van der Waals surface area (Å²) in [5.41, 5.74) is 1.41. The molecule has 0 saturated carbocycles. The second-order valence-electron chi connectivity index (χ2n) is 5.36. The normalized spacial score (nSPS) is 11.6. The zero-order chi connectivity index (χ0) is 17.9. The van der Waals surface area contributed by atoms with Crippen molar-refractivity contribution in [3.63, 3.8) is 0 Å². The highest BCUT2D eigenvalue weighted by Gasteiger charge is 2.14. The van der Waals surface area contributed by atoms with Gasteiger partial charge < -0.3 is 10.3 Å². The smallest absolute Gasteiger partial charge is 0.253 e. The molecule has 2 aromatic carbocycles. The molecule has 0 aliphatic heterocycles. The lowest BCUT2D eigenvalue weighted by molar-refractivity contribution is 0.0956. The number of halogens is 1. The predicted octanol–water partition coefficient (Wildman–Crippen LogP) is 2.64. The van der Waals surface area contributed by atoms with Crippen LogP contribution in [0.25, 0.3) is 10.9 Å². The van der Waals surface area contributed by atoms with E-state index in [1.54, 1.807) is 18.3 Å². The number of aromatic nitrogens is 1. The van der Waals surface area contributed by atoms with Gasteiger partial charge in [0, 0.05) is 34.7 Å². The highest BCUT2D eigenvalue weighted by molar-refractivity contribution is 9.10. The Balaban J connectivity index is 1.56. The zero-order valence-electron chi connectivity index (χ0n) is 13.1. The first-order chi connectivity index (χ1) is 12.0. The van der Waals surface area contributed by atoms with E-state index in [-0.39, 0.29) is 23.9 Å². The molecule has 1 heterocycles. The van der Waals surface area contributed by atoms with Gasteiger partial charge in [0.25, 0.3) is 5.91 Å². The Morgan fingerprint density at radius 1 is 1.04 bits per heavy atom. The lowest BCUT2D eigenvalue weighted by Gasteiger charge is -2.08. The van der Waals surface area contributed by atoms with Crippen LogP contribution in [0.15, 0.2) is 64.1 Å². The van der Waals surface area contributed by atoms with Crippen LogP contribution < -0.4 is 10.0 Å². The van der Waals surface area contributed by atoms with Crippen molar-refractivity contribution in [3.8, 4) is 0 Å². The second-order valence-corrected chi connectivity index (χ2v) is 8.04. The van der Waals surface area contributed by atoms with Crippen molar-refractivity contribution in [3.05, 3.63) is 64.8 Å². The first-order valence-corrected chi connectivity index (χ1v) is 9.84. The maximum absolute atomic E-state index is 12.2. The number of hydrogen-bond acceptors (Lipinski definition) is 3. The van der Waals surface area contributed by atoms with Gasteiger partial charge in [0.2, 0.25) is 10.0 Å². The molecule has 1 aromatic heterocycles. The first kappa shape index (κ1) is 17.7. The fourth-order valence-electron chi connectivity index (χ4n) is 2.41. The van der Waals surface area contributed by atoms with Gasteiger partial charge in [0.15, 0.2) is 0 Å². The largest absolute Gasteiger partial charge is 0.360 e. The highest BCUT2D eigenvalue weighted by atomic mass is 79.9. The lowest BCUT2D eigenvalue weighted by Crippen LogP contribution is -2.34. The third-order valence-electron chi connectivity index (χ3n) is 3.66. The van der Waals surface area contributed by atoms with Crippen LogP contribution in [-0.4, -0.2) is 32.4 Å². The second kappa shape index (κ2) is 7.38. The number of aromatic amines is 1. The Hall–Kier alpha value is -2.16. The average Bonchev–Trinajstić information content (AvgIpc) is 3.03. The number of fused-ring (bicyclic) bond motifs is 1. The summed E-state index contributed by atoms with van der Waals surface area (Å²) in [7, 11) is -3.59. The number of nitrogens with one attached hydrogen (secondary N) is 3. The van der Waals surface area contributed by atoms with Crippen molar-refractivity contribution < 1.29 is 13.2 Å². The summed E-state index contributed by atoms with van der Waals surface area (Å²) in [5.74, 6) is -0.250. The zero-order valence-corrected chi connectivity index (χ0v) is 15.5. The monoisotopic (exact) mass is 421 g/mol. The van der Waals surface area contributed by atoms with Gasteiger partial charge in [-0.2, -0.15) is 0 Å². The fraction of sp³-hybridized carbons (Fsp3) is 0.118. The predicted molar refractivity (Wildman–Crippen MR) is 100.0 cm³/mol. The summed E-state index contributed by atoms with van der Waals surface area (Å²) in [5, 5.41) is 3.55. The van der Waals surface area contributed by atoms with Crippen LogP contribution >= 0.6 is 15.9 Å². The molecule has 0 spiro atoms. The molecule has 0 aliphatic rings. The van der Waals surface area contributed by atoms with Gasteiger partial charge >= 0.3 is 0 Å². The molecule has 0 radical (unpaired) electrons. The molecular formula is C17H16BrN3O3S. The highest BCUT2D eigenvalue weighted by Crippen LogP contribution is 2.17. The van der Waals surface area contributed by atoms with Gasteiger partial charge in [-0.3, -0.25) is 4.79 Å². The van der Waals surface area contributed by atoms with Gasteiger partial charge in [-0.25, -0.2) is 13.1 Å². The molecule has 25 heavy (non-hydrogen) atoms. The minimum absolute atomic E-state index is 0.104. The number of carbonyl (C=O) groups excluding carboxylic acids is 1. The van der Waals surface area contributed by atoms with Gasteiger partial charge in [-0.15, -0.1) is 0 Å². The van der Waals surface area contributed by atoms with E-state index < -0.39 is 10.0 Å². The third kappa shape index (κ3) is 4.09. The molecule has 3 N–H and O–H groups in total. The Morgan fingerprint density at radius 2 is 1.76 bits per heavy atom. The van der Waals surface area contributed by atoms with Gasteiger partial charge in [-0.1, -0.05) is 34.1 Å². The summed E-state index contributed by atoms with van der Waals surface area (Å²) >= 11 is 3.26. The van der Waals surface area contributed by atoms with E-state index in [2.05, 4.69) is 31.0 Å². The summed E-state index contributed by atoms with van der Waals surface area (Å²) in [4.78, 5) is 15.5. The molecule has 0 unspecified atom stereocenters. The minimum Gasteiger partial charge on any atom is -0.360 e. The quantitative estimate of drug-likeness (QED) is 0.534. The molecule has 0 saturated heterocycles. The summed E-state index contributed by atoms with van der Waals surface area (Å²) < 4.78 is 27.6. The first-order valence-electron chi connectivity index (χ1n) is 7.57.